The van der Waals surface area contributed by atoms with E-state index in [0.717, 1.165) is 44.0 Å². The van der Waals surface area contributed by atoms with E-state index in [2.05, 4.69) is 28.1 Å². The zero-order chi connectivity index (χ0) is 23.0. The molecule has 170 valence electrons. The van der Waals surface area contributed by atoms with Gasteiger partial charge in [0.1, 0.15) is 18.2 Å². The summed E-state index contributed by atoms with van der Waals surface area (Å²) in [5.74, 6) is 2.25. The summed E-state index contributed by atoms with van der Waals surface area (Å²) in [6.07, 6.45) is 0.444. The molecule has 0 aliphatic carbocycles. The fraction of sp³-hybridized carbons (Fsp3) is 0.231. The minimum atomic E-state index is -0.370. The zero-order valence-corrected chi connectivity index (χ0v) is 20.8. The van der Waals surface area contributed by atoms with Crippen LogP contribution in [-0.4, -0.2) is 37.0 Å². The van der Waals surface area contributed by atoms with Gasteiger partial charge in [0.15, 0.2) is 0 Å². The second-order valence-corrected chi connectivity index (χ2v) is 9.42. The van der Waals surface area contributed by atoms with Gasteiger partial charge in [0.25, 0.3) is 0 Å². The predicted octanol–water partition coefficient (Wildman–Crippen LogP) is 6.54. The van der Waals surface area contributed by atoms with Gasteiger partial charge in [-0.1, -0.05) is 64.5 Å². The van der Waals surface area contributed by atoms with Crippen molar-refractivity contribution in [2.45, 2.75) is 23.7 Å². The number of amidine groups is 1. The van der Waals surface area contributed by atoms with Gasteiger partial charge in [-0.2, -0.15) is 0 Å². The zero-order valence-electron chi connectivity index (χ0n) is 18.4. The molecule has 0 aromatic heterocycles. The number of aliphatic imine (C=N–C) groups is 1. The van der Waals surface area contributed by atoms with Crippen LogP contribution in [-0.2, 0) is 17.1 Å². The van der Waals surface area contributed by atoms with Gasteiger partial charge in [-0.05, 0) is 36.2 Å². The molecule has 0 saturated carbocycles. The molecule has 3 aromatic rings. The largest absolute Gasteiger partial charge is 0.496 e. The quantitative estimate of drug-likeness (QED) is 0.329. The van der Waals surface area contributed by atoms with E-state index in [1.807, 2.05) is 60.7 Å². The molecule has 0 radical (unpaired) electrons. The Bertz CT molecular complexity index is 1140. The molecule has 33 heavy (non-hydrogen) atoms. The van der Waals surface area contributed by atoms with Crippen molar-refractivity contribution in [3.05, 3.63) is 94.0 Å². The average molecular weight is 525 g/mol. The molecule has 3 aromatic carbocycles. The molecular formula is C26H25BrN2O3S. The molecule has 1 heterocycles. The molecule has 0 atom stereocenters. The van der Waals surface area contributed by atoms with Crippen LogP contribution < -0.4 is 4.74 Å². The van der Waals surface area contributed by atoms with E-state index in [1.165, 1.54) is 0 Å². The van der Waals surface area contributed by atoms with Crippen LogP contribution in [0.4, 0.5) is 4.79 Å². The number of hydrogen-bond acceptors (Lipinski definition) is 5. The van der Waals surface area contributed by atoms with E-state index >= 15 is 0 Å². The van der Waals surface area contributed by atoms with E-state index in [4.69, 9.17) is 14.5 Å². The molecule has 0 saturated heterocycles. The Kier molecular flexibility index (Phi) is 8.07. The van der Waals surface area contributed by atoms with E-state index < -0.39 is 0 Å². The average Bonchev–Trinajstić information content (AvgIpc) is 2.87. The minimum Gasteiger partial charge on any atom is -0.496 e. The summed E-state index contributed by atoms with van der Waals surface area (Å²) < 4.78 is 12.1. The van der Waals surface area contributed by atoms with Gasteiger partial charge in [-0.15, -0.1) is 11.8 Å². The summed E-state index contributed by atoms with van der Waals surface area (Å²) in [6.45, 7) is 1.52. The Balaban J connectivity index is 1.52. The molecule has 0 unspecified atom stereocenters. The fourth-order valence-electron chi connectivity index (χ4n) is 3.60. The number of carbonyl (C=O) groups is 1. The normalized spacial score (nSPS) is 13.4. The number of methoxy groups -OCH3 is 1. The van der Waals surface area contributed by atoms with E-state index in [1.54, 1.807) is 23.8 Å². The third-order valence-electron chi connectivity index (χ3n) is 5.24. The van der Waals surface area contributed by atoms with Crippen LogP contribution in [0, 0.1) is 0 Å². The van der Waals surface area contributed by atoms with Crippen molar-refractivity contribution in [3.8, 4) is 5.75 Å². The van der Waals surface area contributed by atoms with E-state index in [0.29, 0.717) is 18.9 Å². The van der Waals surface area contributed by atoms with Gasteiger partial charge in [0.2, 0.25) is 0 Å². The van der Waals surface area contributed by atoms with Crippen molar-refractivity contribution in [2.24, 2.45) is 4.99 Å². The number of amides is 1. The lowest BCUT2D eigenvalue weighted by Crippen LogP contribution is -2.41. The van der Waals surface area contributed by atoms with Gasteiger partial charge >= 0.3 is 6.09 Å². The highest BCUT2D eigenvalue weighted by molar-refractivity contribution is 9.10. The van der Waals surface area contributed by atoms with Crippen molar-refractivity contribution >= 4 is 39.6 Å². The number of rotatable bonds is 7. The molecule has 1 aliphatic rings. The first-order valence-corrected chi connectivity index (χ1v) is 12.5. The molecule has 1 amide bonds. The number of ether oxygens (including phenoxy) is 2. The maximum atomic E-state index is 13.0. The molecule has 0 bridgehead atoms. The maximum absolute atomic E-state index is 13.0. The summed E-state index contributed by atoms with van der Waals surface area (Å²) in [7, 11) is 1.68. The van der Waals surface area contributed by atoms with Gasteiger partial charge in [-0.3, -0.25) is 9.89 Å². The van der Waals surface area contributed by atoms with Gasteiger partial charge in [0.05, 0.1) is 7.11 Å². The van der Waals surface area contributed by atoms with Gasteiger partial charge in [0, 0.05) is 39.3 Å². The lowest BCUT2D eigenvalue weighted by Gasteiger charge is -2.28. The Morgan fingerprint density at radius 3 is 2.70 bits per heavy atom. The Morgan fingerprint density at radius 2 is 1.88 bits per heavy atom. The van der Waals surface area contributed by atoms with Crippen LogP contribution >= 0.6 is 27.7 Å². The van der Waals surface area contributed by atoms with Gasteiger partial charge < -0.3 is 9.47 Å². The molecule has 4 rings (SSSR count). The summed E-state index contributed by atoms with van der Waals surface area (Å²) in [5.41, 5.74) is 2.99. The Hall–Kier alpha value is -2.77. The fourth-order valence-corrected chi connectivity index (χ4v) is 5.04. The molecular weight excluding hydrogens is 500 g/mol. The van der Waals surface area contributed by atoms with Crippen molar-refractivity contribution in [1.29, 1.82) is 0 Å². The molecule has 7 heteroatoms. The van der Waals surface area contributed by atoms with Crippen molar-refractivity contribution in [3.63, 3.8) is 0 Å². The predicted molar refractivity (Wildman–Crippen MR) is 136 cm³/mol. The van der Waals surface area contributed by atoms with Crippen LogP contribution in [0.1, 0.15) is 23.1 Å². The first kappa shape index (κ1) is 23.4. The SMILES string of the molecule is COc1ccc(Br)cc1CSc1ccccc1C1=NCCCN1C(=O)OCc1ccccc1. The van der Waals surface area contributed by atoms with Crippen molar-refractivity contribution < 1.29 is 14.3 Å². The van der Waals surface area contributed by atoms with Crippen LogP contribution in [0.15, 0.2) is 87.2 Å². The number of nitrogens with zero attached hydrogens (tertiary/aromatic N) is 2. The number of carbonyl (C=O) groups excluding carboxylic acids is 1. The lowest BCUT2D eigenvalue weighted by atomic mass is 10.1. The second-order valence-electron chi connectivity index (χ2n) is 7.49. The number of thioether (sulfide) groups is 1. The third kappa shape index (κ3) is 5.97. The first-order valence-electron chi connectivity index (χ1n) is 10.7. The Morgan fingerprint density at radius 1 is 1.09 bits per heavy atom. The minimum absolute atomic E-state index is 0.239. The lowest BCUT2D eigenvalue weighted by molar-refractivity contribution is 0.115. The van der Waals surface area contributed by atoms with Crippen LogP contribution in [0.2, 0.25) is 0 Å². The molecule has 1 aliphatic heterocycles. The number of benzene rings is 3. The highest BCUT2D eigenvalue weighted by Gasteiger charge is 2.26. The van der Waals surface area contributed by atoms with Crippen LogP contribution in [0.3, 0.4) is 0 Å². The highest BCUT2D eigenvalue weighted by atomic mass is 79.9. The smallest absolute Gasteiger partial charge is 0.415 e. The highest BCUT2D eigenvalue weighted by Crippen LogP contribution is 2.33. The van der Waals surface area contributed by atoms with Crippen LogP contribution in [0.5, 0.6) is 5.75 Å². The van der Waals surface area contributed by atoms with Crippen molar-refractivity contribution in [2.75, 3.05) is 20.2 Å². The summed E-state index contributed by atoms with van der Waals surface area (Å²) in [5, 5.41) is 0. The molecule has 0 N–H and O–H groups in total. The number of halogens is 1. The van der Waals surface area contributed by atoms with Gasteiger partial charge in [-0.25, -0.2) is 4.79 Å². The second kappa shape index (κ2) is 11.4. The van der Waals surface area contributed by atoms with Crippen molar-refractivity contribution in [1.82, 2.24) is 4.90 Å². The molecule has 5 nitrogen and oxygen atoms in total. The molecule has 0 spiro atoms. The van der Waals surface area contributed by atoms with E-state index in [-0.39, 0.29) is 12.7 Å². The van der Waals surface area contributed by atoms with E-state index in [9.17, 15) is 4.79 Å². The first-order chi connectivity index (χ1) is 16.2. The topological polar surface area (TPSA) is 51.1 Å². The monoisotopic (exact) mass is 524 g/mol. The van der Waals surface area contributed by atoms with Crippen LogP contribution in [0.25, 0.3) is 0 Å². The number of hydrogen-bond donors (Lipinski definition) is 0. The maximum Gasteiger partial charge on any atom is 0.415 e. The summed E-state index contributed by atoms with van der Waals surface area (Å²) in [4.78, 5) is 20.4. The molecule has 0 fully saturated rings. The third-order valence-corrected chi connectivity index (χ3v) is 6.85. The standard InChI is InChI=1S/C26H25BrN2O3S/c1-31-23-13-12-21(27)16-20(23)18-33-24-11-6-5-10-22(24)25-28-14-7-15-29(25)26(30)32-17-19-8-3-2-4-9-19/h2-6,8-13,16H,7,14-15,17-18H2,1H3. The summed E-state index contributed by atoms with van der Waals surface area (Å²) in [6, 6.07) is 23.8. The Labute approximate surface area is 206 Å². The summed E-state index contributed by atoms with van der Waals surface area (Å²) >= 11 is 5.24.